The van der Waals surface area contributed by atoms with Crippen molar-refractivity contribution in [3.05, 3.63) is 108 Å². The van der Waals surface area contributed by atoms with E-state index in [2.05, 4.69) is 16.4 Å². The molecule has 0 spiro atoms. The Morgan fingerprint density at radius 1 is 0.907 bits per heavy atom. The Morgan fingerprint density at radius 3 is 2.28 bits per heavy atom. The molecule has 43 heavy (non-hydrogen) atoms. The van der Waals surface area contributed by atoms with Crippen molar-refractivity contribution in [3.8, 4) is 11.5 Å². The van der Waals surface area contributed by atoms with E-state index in [-0.39, 0.29) is 24.0 Å². The van der Waals surface area contributed by atoms with Crippen molar-refractivity contribution in [2.24, 2.45) is 5.73 Å². The number of imide groups is 1. The zero-order valence-corrected chi connectivity index (χ0v) is 23.0. The first kappa shape index (κ1) is 32.1. The first-order chi connectivity index (χ1) is 20.2. The van der Waals surface area contributed by atoms with E-state index < -0.39 is 18.0 Å². The van der Waals surface area contributed by atoms with E-state index >= 15 is 0 Å². The number of amides is 3. The zero-order valence-electron chi connectivity index (χ0n) is 23.0. The van der Waals surface area contributed by atoms with Gasteiger partial charge in [-0.2, -0.15) is 0 Å². The number of aromatic nitrogens is 1. The minimum absolute atomic E-state index is 0. The number of nitrogens with zero attached hydrogens (tertiary/aromatic N) is 1. The molecule has 0 aliphatic carbocycles. The molecular formula is C31H32N4O8. The summed E-state index contributed by atoms with van der Waals surface area (Å²) in [5.74, 6) is -1.36. The van der Waals surface area contributed by atoms with Crippen molar-refractivity contribution in [2.45, 2.75) is 25.4 Å². The van der Waals surface area contributed by atoms with Gasteiger partial charge >= 0.3 is 18.0 Å². The molecule has 1 aliphatic rings. The van der Waals surface area contributed by atoms with Crippen LogP contribution in [-0.2, 0) is 33.8 Å². The molecule has 1 fully saturated rings. The summed E-state index contributed by atoms with van der Waals surface area (Å²) in [5, 5.41) is 19.6. The first-order valence-corrected chi connectivity index (χ1v) is 13.1. The van der Waals surface area contributed by atoms with Crippen LogP contribution in [0.2, 0.25) is 0 Å². The van der Waals surface area contributed by atoms with E-state index in [0.29, 0.717) is 30.9 Å². The molecule has 3 aromatic carbocycles. The fourth-order valence-electron chi connectivity index (χ4n) is 4.47. The quantitative estimate of drug-likeness (QED) is 0.137. The lowest BCUT2D eigenvalue weighted by Gasteiger charge is -2.14. The molecule has 1 atom stereocenters. The van der Waals surface area contributed by atoms with Crippen LogP contribution in [0.5, 0.6) is 11.5 Å². The molecule has 12 nitrogen and oxygen atoms in total. The SMILES string of the molecule is NCCc1c[nH]c2ccc(CC3NC(=O)N(Cc4cccc(Oc5ccccc5)c4)C3=O)cc12.O.O=C(O)C=CC(=O)O. The third-order valence-electron chi connectivity index (χ3n) is 6.38. The molecular weight excluding hydrogens is 556 g/mol. The van der Waals surface area contributed by atoms with Crippen molar-refractivity contribution >= 4 is 34.8 Å². The van der Waals surface area contributed by atoms with Gasteiger partial charge in [0.05, 0.1) is 6.54 Å². The number of hydrogen-bond donors (Lipinski definition) is 5. The maximum atomic E-state index is 13.1. The number of aliphatic carboxylic acids is 2. The van der Waals surface area contributed by atoms with Gasteiger partial charge in [-0.1, -0.05) is 36.4 Å². The van der Waals surface area contributed by atoms with Crippen LogP contribution in [0.3, 0.4) is 0 Å². The standard InChI is InChI=1S/C27H26N4O3.C4H4O4.H2O/c28-12-11-20-16-29-24-10-9-18(14-23(20)24)15-25-26(32)31(27(33)30-25)17-19-5-4-8-22(13-19)34-21-6-2-1-3-7-21;5-3(6)1-2-4(7)8;/h1-10,13-14,16,25,29H,11-12,15,17,28H2,(H,30,33);1-2H,(H,5,6)(H,7,8);1H2. The van der Waals surface area contributed by atoms with Crippen LogP contribution < -0.4 is 15.8 Å². The normalized spacial score (nSPS) is 14.2. The lowest BCUT2D eigenvalue weighted by atomic mass is 10.0. The fraction of sp³-hybridized carbons (Fsp3) is 0.161. The number of rotatable bonds is 10. The molecule has 8 N–H and O–H groups in total. The number of H-pyrrole nitrogens is 1. The molecule has 3 amide bonds. The van der Waals surface area contributed by atoms with Crippen LogP contribution >= 0.6 is 0 Å². The number of para-hydroxylation sites is 1. The van der Waals surface area contributed by atoms with E-state index in [1.807, 2.05) is 72.9 Å². The Kier molecular flexibility index (Phi) is 11.2. The van der Waals surface area contributed by atoms with Crippen LogP contribution in [0.25, 0.3) is 10.9 Å². The Labute approximate surface area is 246 Å². The monoisotopic (exact) mass is 588 g/mol. The Morgan fingerprint density at radius 2 is 1.60 bits per heavy atom. The van der Waals surface area contributed by atoms with Gasteiger partial charge in [-0.25, -0.2) is 14.4 Å². The molecule has 2 heterocycles. The second kappa shape index (κ2) is 15.0. The van der Waals surface area contributed by atoms with Crippen LogP contribution in [0.4, 0.5) is 4.79 Å². The van der Waals surface area contributed by atoms with Gasteiger partial charge in [0.2, 0.25) is 0 Å². The number of benzene rings is 3. The van der Waals surface area contributed by atoms with Crippen molar-refractivity contribution in [2.75, 3.05) is 6.54 Å². The molecule has 5 rings (SSSR count). The second-order valence-electron chi connectivity index (χ2n) is 9.44. The number of fused-ring (bicyclic) bond motifs is 1. The summed E-state index contributed by atoms with van der Waals surface area (Å²) in [5.41, 5.74) is 9.72. The topological polar surface area (TPSA) is 207 Å². The van der Waals surface area contributed by atoms with Crippen LogP contribution in [0, 0.1) is 0 Å². The molecule has 1 aromatic heterocycles. The van der Waals surface area contributed by atoms with Gasteiger partial charge in [0.25, 0.3) is 5.91 Å². The second-order valence-corrected chi connectivity index (χ2v) is 9.44. The van der Waals surface area contributed by atoms with Gasteiger partial charge in [-0.15, -0.1) is 0 Å². The minimum Gasteiger partial charge on any atom is -0.478 e. The van der Waals surface area contributed by atoms with Gasteiger partial charge in [0, 0.05) is 35.7 Å². The summed E-state index contributed by atoms with van der Waals surface area (Å²) < 4.78 is 5.88. The van der Waals surface area contributed by atoms with Gasteiger partial charge in [-0.3, -0.25) is 9.69 Å². The van der Waals surface area contributed by atoms with Gasteiger partial charge in [0.15, 0.2) is 0 Å². The number of carbonyl (C=O) groups excluding carboxylic acids is 2. The Hall–Kier alpha value is -5.46. The summed E-state index contributed by atoms with van der Waals surface area (Å²) in [6.45, 7) is 0.756. The van der Waals surface area contributed by atoms with Crippen molar-refractivity contribution in [1.29, 1.82) is 0 Å². The number of carboxylic acid groups (broad SMARTS) is 2. The zero-order chi connectivity index (χ0) is 30.1. The molecule has 1 saturated heterocycles. The Bertz CT molecular complexity index is 1600. The number of nitrogens with one attached hydrogen (secondary N) is 2. The highest BCUT2D eigenvalue weighted by molar-refractivity contribution is 6.04. The van der Waals surface area contributed by atoms with Crippen molar-refractivity contribution < 1.29 is 39.6 Å². The summed E-state index contributed by atoms with van der Waals surface area (Å²) in [4.78, 5) is 49.3. The maximum absolute atomic E-state index is 13.1. The number of aromatic amines is 1. The van der Waals surface area contributed by atoms with Gasteiger partial charge < -0.3 is 36.5 Å². The number of ether oxygens (including phenoxy) is 1. The minimum atomic E-state index is -1.26. The maximum Gasteiger partial charge on any atom is 0.328 e. The predicted molar refractivity (Wildman–Crippen MR) is 159 cm³/mol. The average molecular weight is 589 g/mol. The third-order valence-corrected chi connectivity index (χ3v) is 6.38. The number of urea groups is 1. The summed E-state index contributed by atoms with van der Waals surface area (Å²) in [6, 6.07) is 22.0. The van der Waals surface area contributed by atoms with Crippen LogP contribution in [0.15, 0.2) is 91.1 Å². The highest BCUT2D eigenvalue weighted by atomic mass is 16.5. The lowest BCUT2D eigenvalue weighted by molar-refractivity contribution is -0.134. The van der Waals surface area contributed by atoms with Crippen LogP contribution in [0.1, 0.15) is 16.7 Å². The highest BCUT2D eigenvalue weighted by Gasteiger charge is 2.37. The fourth-order valence-corrected chi connectivity index (χ4v) is 4.47. The van der Waals surface area contributed by atoms with Crippen molar-refractivity contribution in [1.82, 2.24) is 15.2 Å². The van der Waals surface area contributed by atoms with E-state index in [1.165, 1.54) is 4.90 Å². The highest BCUT2D eigenvalue weighted by Crippen LogP contribution is 2.25. The van der Waals surface area contributed by atoms with E-state index in [1.54, 1.807) is 0 Å². The molecule has 0 bridgehead atoms. The van der Waals surface area contributed by atoms with Gasteiger partial charge in [-0.05, 0) is 66.1 Å². The molecule has 1 aliphatic heterocycles. The summed E-state index contributed by atoms with van der Waals surface area (Å²) in [6.07, 6.45) is 4.30. The number of carbonyl (C=O) groups is 4. The summed E-state index contributed by atoms with van der Waals surface area (Å²) >= 11 is 0. The smallest absolute Gasteiger partial charge is 0.328 e. The lowest BCUT2D eigenvalue weighted by Crippen LogP contribution is -2.32. The van der Waals surface area contributed by atoms with Crippen molar-refractivity contribution in [3.63, 3.8) is 0 Å². The van der Waals surface area contributed by atoms with Crippen LogP contribution in [-0.4, -0.2) is 62.0 Å². The molecule has 4 aromatic rings. The van der Waals surface area contributed by atoms with E-state index in [4.69, 9.17) is 20.7 Å². The van der Waals surface area contributed by atoms with Gasteiger partial charge in [0.1, 0.15) is 17.5 Å². The largest absolute Gasteiger partial charge is 0.478 e. The van der Waals surface area contributed by atoms with E-state index in [0.717, 1.165) is 39.8 Å². The first-order valence-electron chi connectivity index (χ1n) is 13.1. The molecule has 1 unspecified atom stereocenters. The molecule has 0 radical (unpaired) electrons. The summed E-state index contributed by atoms with van der Waals surface area (Å²) in [7, 11) is 0. The molecule has 12 heteroatoms. The predicted octanol–water partition coefficient (Wildman–Crippen LogP) is 3.01. The Balaban J connectivity index is 0.000000497. The average Bonchev–Trinajstić information content (AvgIpc) is 3.48. The number of hydrogen-bond acceptors (Lipinski definition) is 6. The number of nitrogens with two attached hydrogens (primary N) is 1. The third kappa shape index (κ3) is 8.76. The number of carboxylic acids is 2. The van der Waals surface area contributed by atoms with E-state index in [9.17, 15) is 19.2 Å². The molecule has 0 saturated carbocycles. The molecule has 224 valence electrons.